The minimum atomic E-state index is -0.179. The first kappa shape index (κ1) is 12.1. The normalized spacial score (nSPS) is 22.1. The summed E-state index contributed by atoms with van der Waals surface area (Å²) in [4.78, 5) is 0. The summed E-state index contributed by atoms with van der Waals surface area (Å²) in [6.07, 6.45) is 3.92. The SMILES string of the molecule is [Zn].c1ccc([SiH2]C2CCCCO2)cc1. The summed E-state index contributed by atoms with van der Waals surface area (Å²) in [7, 11) is -0.179. The van der Waals surface area contributed by atoms with E-state index in [1.807, 2.05) is 0 Å². The zero-order valence-electron chi connectivity index (χ0n) is 8.61. The van der Waals surface area contributed by atoms with Gasteiger partial charge < -0.3 is 4.74 Å². The molecule has 14 heavy (non-hydrogen) atoms. The Morgan fingerprint density at radius 1 is 1.14 bits per heavy atom. The predicted molar refractivity (Wildman–Crippen MR) is 58.2 cm³/mol. The van der Waals surface area contributed by atoms with Gasteiger partial charge in [0, 0.05) is 31.8 Å². The van der Waals surface area contributed by atoms with Crippen LogP contribution in [0.25, 0.3) is 0 Å². The maximum atomic E-state index is 5.74. The molecule has 1 aromatic rings. The van der Waals surface area contributed by atoms with Crippen LogP contribution in [-0.4, -0.2) is 21.9 Å². The molecule has 0 bridgehead atoms. The van der Waals surface area contributed by atoms with Crippen LogP contribution in [0, 0.1) is 0 Å². The maximum absolute atomic E-state index is 5.74. The molecule has 1 aromatic carbocycles. The first-order valence-corrected chi connectivity index (χ1v) is 6.63. The van der Waals surface area contributed by atoms with E-state index in [1.54, 1.807) is 0 Å². The van der Waals surface area contributed by atoms with Crippen molar-refractivity contribution in [3.05, 3.63) is 30.3 Å². The fourth-order valence-electron chi connectivity index (χ4n) is 1.85. The van der Waals surface area contributed by atoms with Crippen LogP contribution >= 0.6 is 0 Å². The Hall–Kier alpha value is 0.0203. The van der Waals surface area contributed by atoms with Crippen LogP contribution in [0.1, 0.15) is 19.3 Å². The maximum Gasteiger partial charge on any atom is 0.0887 e. The van der Waals surface area contributed by atoms with Crippen molar-refractivity contribution in [1.29, 1.82) is 0 Å². The summed E-state index contributed by atoms with van der Waals surface area (Å²) in [6, 6.07) is 10.8. The number of hydrogen-bond donors (Lipinski definition) is 0. The van der Waals surface area contributed by atoms with Crippen LogP contribution in [0.15, 0.2) is 30.3 Å². The smallest absolute Gasteiger partial charge is 0.0887 e. The van der Waals surface area contributed by atoms with Crippen molar-refractivity contribution in [3.8, 4) is 0 Å². The quantitative estimate of drug-likeness (QED) is 0.719. The van der Waals surface area contributed by atoms with Crippen LogP contribution in [-0.2, 0) is 24.2 Å². The molecular weight excluding hydrogens is 242 g/mol. The number of benzene rings is 1. The number of ether oxygens (including phenoxy) is 1. The Labute approximate surface area is 101 Å². The van der Waals surface area contributed by atoms with E-state index in [2.05, 4.69) is 30.3 Å². The third kappa shape index (κ3) is 3.64. The van der Waals surface area contributed by atoms with Gasteiger partial charge in [0.15, 0.2) is 0 Å². The van der Waals surface area contributed by atoms with Crippen molar-refractivity contribution >= 4 is 14.7 Å². The molecule has 3 heteroatoms. The molecule has 0 radical (unpaired) electrons. The molecule has 72 valence electrons. The number of rotatable bonds is 2. The average Bonchev–Trinajstić information content (AvgIpc) is 2.21. The van der Waals surface area contributed by atoms with E-state index in [1.165, 1.54) is 24.4 Å². The van der Waals surface area contributed by atoms with Gasteiger partial charge in [-0.15, -0.1) is 0 Å². The average molecular weight is 258 g/mol. The van der Waals surface area contributed by atoms with Crippen molar-refractivity contribution < 1.29 is 24.2 Å². The molecule has 0 saturated carbocycles. The second-order valence-corrected chi connectivity index (χ2v) is 5.81. The number of hydrogen-bond acceptors (Lipinski definition) is 1. The Bertz CT molecular complexity index is 247. The molecule has 1 unspecified atom stereocenters. The summed E-state index contributed by atoms with van der Waals surface area (Å²) in [5.74, 6) is 0. The van der Waals surface area contributed by atoms with E-state index in [-0.39, 0.29) is 29.0 Å². The fraction of sp³-hybridized carbons (Fsp3) is 0.455. The van der Waals surface area contributed by atoms with Gasteiger partial charge >= 0.3 is 0 Å². The third-order valence-electron chi connectivity index (χ3n) is 2.58. The molecule has 1 nitrogen and oxygen atoms in total. The molecule has 1 heterocycles. The van der Waals surface area contributed by atoms with Gasteiger partial charge in [-0.3, -0.25) is 0 Å². The van der Waals surface area contributed by atoms with Gasteiger partial charge in [0.05, 0.1) is 9.52 Å². The van der Waals surface area contributed by atoms with Gasteiger partial charge in [-0.1, -0.05) is 35.5 Å². The van der Waals surface area contributed by atoms with Crippen LogP contribution in [0.5, 0.6) is 0 Å². The first-order chi connectivity index (χ1) is 6.45. The second-order valence-electron chi connectivity index (χ2n) is 3.68. The molecule has 0 spiro atoms. The summed E-state index contributed by atoms with van der Waals surface area (Å²) < 4.78 is 5.74. The van der Waals surface area contributed by atoms with Gasteiger partial charge in [-0.05, 0) is 19.3 Å². The van der Waals surface area contributed by atoms with E-state index in [0.717, 1.165) is 6.61 Å². The van der Waals surface area contributed by atoms with Crippen LogP contribution in [0.4, 0.5) is 0 Å². The Kier molecular flexibility index (Phi) is 5.61. The monoisotopic (exact) mass is 256 g/mol. The third-order valence-corrected chi connectivity index (χ3v) is 4.62. The van der Waals surface area contributed by atoms with Gasteiger partial charge in [0.25, 0.3) is 0 Å². The molecule has 1 aliphatic heterocycles. The Morgan fingerprint density at radius 3 is 2.57 bits per heavy atom. The van der Waals surface area contributed by atoms with Crippen molar-refractivity contribution in [1.82, 2.24) is 0 Å². The molecule has 0 aliphatic carbocycles. The first-order valence-electron chi connectivity index (χ1n) is 5.11. The van der Waals surface area contributed by atoms with E-state index in [0.29, 0.717) is 5.73 Å². The van der Waals surface area contributed by atoms with E-state index in [4.69, 9.17) is 4.74 Å². The van der Waals surface area contributed by atoms with E-state index >= 15 is 0 Å². The molecule has 0 amide bonds. The minimum absolute atomic E-state index is 0. The summed E-state index contributed by atoms with van der Waals surface area (Å²) >= 11 is 0. The predicted octanol–water partition coefficient (Wildman–Crippen LogP) is 1.00. The van der Waals surface area contributed by atoms with Crippen LogP contribution in [0.2, 0.25) is 0 Å². The van der Waals surface area contributed by atoms with Crippen molar-refractivity contribution in [2.45, 2.75) is 25.0 Å². The summed E-state index contributed by atoms with van der Waals surface area (Å²) in [6.45, 7) is 0.991. The molecule has 2 rings (SSSR count). The largest absolute Gasteiger partial charge is 0.382 e. The second kappa shape index (κ2) is 6.49. The van der Waals surface area contributed by atoms with Crippen LogP contribution < -0.4 is 5.19 Å². The molecule has 1 saturated heterocycles. The van der Waals surface area contributed by atoms with Gasteiger partial charge in [-0.25, -0.2) is 0 Å². The summed E-state index contributed by atoms with van der Waals surface area (Å²) in [5, 5.41) is 1.54. The van der Waals surface area contributed by atoms with Crippen molar-refractivity contribution in [2.75, 3.05) is 6.61 Å². The van der Waals surface area contributed by atoms with E-state index < -0.39 is 0 Å². The molecule has 1 aliphatic rings. The summed E-state index contributed by atoms with van der Waals surface area (Å²) in [5.41, 5.74) is 0.608. The fourth-order valence-corrected chi connectivity index (χ4v) is 3.69. The zero-order valence-corrected chi connectivity index (χ0v) is 13.0. The molecule has 0 aromatic heterocycles. The minimum Gasteiger partial charge on any atom is -0.382 e. The Morgan fingerprint density at radius 2 is 1.93 bits per heavy atom. The van der Waals surface area contributed by atoms with Gasteiger partial charge in [-0.2, -0.15) is 0 Å². The topological polar surface area (TPSA) is 9.23 Å². The molecule has 0 N–H and O–H groups in total. The molecular formula is C11H16OSiZn. The Balaban J connectivity index is 0.000000980. The van der Waals surface area contributed by atoms with Crippen molar-refractivity contribution in [3.63, 3.8) is 0 Å². The zero-order chi connectivity index (χ0) is 8.93. The van der Waals surface area contributed by atoms with Crippen LogP contribution in [0.3, 0.4) is 0 Å². The van der Waals surface area contributed by atoms with Crippen molar-refractivity contribution in [2.24, 2.45) is 0 Å². The standard InChI is InChI=1S/C11H16OSi.Zn/c1-2-6-10(7-3-1)13-11-8-4-5-9-12-11;/h1-3,6-7,11H,4-5,8-9,13H2;. The molecule has 1 atom stereocenters. The van der Waals surface area contributed by atoms with Gasteiger partial charge in [0.2, 0.25) is 0 Å². The van der Waals surface area contributed by atoms with E-state index in [9.17, 15) is 0 Å². The molecule has 1 fully saturated rings. The van der Waals surface area contributed by atoms with Gasteiger partial charge in [0.1, 0.15) is 0 Å².